The van der Waals surface area contributed by atoms with E-state index >= 15 is 0 Å². The Morgan fingerprint density at radius 3 is 2.80 bits per heavy atom. The van der Waals surface area contributed by atoms with Crippen molar-refractivity contribution in [2.45, 2.75) is 31.0 Å². The van der Waals surface area contributed by atoms with Crippen molar-refractivity contribution in [1.82, 2.24) is 29.8 Å². The van der Waals surface area contributed by atoms with Crippen molar-refractivity contribution in [3.05, 3.63) is 36.8 Å². The minimum Gasteiger partial charge on any atom is -0.474 e. The van der Waals surface area contributed by atoms with Crippen molar-refractivity contribution in [3.63, 3.8) is 0 Å². The van der Waals surface area contributed by atoms with E-state index in [9.17, 15) is 4.79 Å². The number of hydrogen-bond donors (Lipinski definition) is 1. The molecule has 6 rings (SSSR count). The first-order valence-electron chi connectivity index (χ1n) is 12.0. The quantitative estimate of drug-likeness (QED) is 0.562. The van der Waals surface area contributed by atoms with Gasteiger partial charge in [-0.2, -0.15) is 5.10 Å². The van der Waals surface area contributed by atoms with Crippen LogP contribution in [0.4, 0.5) is 10.6 Å². The molecule has 2 saturated heterocycles. The van der Waals surface area contributed by atoms with Crippen LogP contribution < -0.4 is 15.0 Å². The Morgan fingerprint density at radius 1 is 1.20 bits per heavy atom. The van der Waals surface area contributed by atoms with E-state index in [-0.39, 0.29) is 12.2 Å². The Bertz CT molecular complexity index is 1280. The van der Waals surface area contributed by atoms with Gasteiger partial charge < -0.3 is 24.6 Å². The normalized spacial score (nSPS) is 22.3. The molecule has 0 spiro atoms. The molecule has 0 unspecified atom stereocenters. The zero-order valence-electron chi connectivity index (χ0n) is 19.4. The summed E-state index contributed by atoms with van der Waals surface area (Å²) in [5.41, 5.74) is 1.66. The lowest BCUT2D eigenvalue weighted by Gasteiger charge is -2.36. The Morgan fingerprint density at radius 2 is 2.06 bits per heavy atom. The molecule has 180 valence electrons. The molecule has 2 aliphatic heterocycles. The van der Waals surface area contributed by atoms with Gasteiger partial charge in [0.25, 0.3) is 0 Å². The average molecular weight is 474 g/mol. The summed E-state index contributed by atoms with van der Waals surface area (Å²) in [4.78, 5) is 26.0. The zero-order chi connectivity index (χ0) is 23.8. The topological polar surface area (TPSA) is 97.1 Å². The van der Waals surface area contributed by atoms with E-state index in [1.807, 2.05) is 24.4 Å². The number of carbonyl (C=O) groups is 1. The molecule has 10 heteroatoms. The second-order valence-electron chi connectivity index (χ2n) is 9.19. The Kier molecular flexibility index (Phi) is 5.41. The number of nitrogens with zero attached hydrogens (tertiary/aromatic N) is 6. The van der Waals surface area contributed by atoms with Gasteiger partial charge in [0.2, 0.25) is 5.88 Å². The fourth-order valence-electron chi connectivity index (χ4n) is 4.52. The van der Waals surface area contributed by atoms with Crippen LogP contribution in [-0.2, 0) is 4.74 Å². The fraction of sp³-hybridized carbons (Fsp3) is 0.440. The van der Waals surface area contributed by atoms with Gasteiger partial charge >= 0.3 is 6.09 Å². The molecular weight excluding hydrogens is 446 g/mol. The number of carbonyl (C=O) groups excluding carboxylic acids is 1. The van der Waals surface area contributed by atoms with E-state index in [0.29, 0.717) is 45.0 Å². The van der Waals surface area contributed by atoms with Crippen LogP contribution in [-0.4, -0.2) is 81.5 Å². The van der Waals surface area contributed by atoms with Gasteiger partial charge in [-0.3, -0.25) is 0 Å². The van der Waals surface area contributed by atoms with Crippen LogP contribution in [0.25, 0.3) is 16.8 Å². The lowest BCUT2D eigenvalue weighted by atomic mass is 10.1. The maximum Gasteiger partial charge on any atom is 0.411 e. The van der Waals surface area contributed by atoms with Crippen LogP contribution >= 0.6 is 0 Å². The molecule has 10 nitrogen and oxygen atoms in total. The molecule has 35 heavy (non-hydrogen) atoms. The lowest BCUT2D eigenvalue weighted by molar-refractivity contribution is 0.0360. The summed E-state index contributed by atoms with van der Waals surface area (Å²) in [6.45, 7) is 3.61. The van der Waals surface area contributed by atoms with Crippen molar-refractivity contribution >= 4 is 17.6 Å². The summed E-state index contributed by atoms with van der Waals surface area (Å²) in [6, 6.07) is 5.83. The predicted octanol–water partition coefficient (Wildman–Crippen LogP) is 1.96. The second-order valence-corrected chi connectivity index (χ2v) is 9.19. The van der Waals surface area contributed by atoms with Crippen LogP contribution in [0.2, 0.25) is 0 Å². The van der Waals surface area contributed by atoms with E-state index < -0.39 is 5.60 Å². The number of anilines is 1. The standard InChI is InChI=1S/C25H27N7O3/c1-2-25(8-10-26-17-25)35-24(33)31-14-12-30(13-15-31)21-7-11-32-22(29-21)20(16-28-32)19-4-3-9-27-23(19)34-18-5-6-18/h1,3-4,7,9,11,16,18,26H,5-6,8,10,12-15,17H2/t25-/m0/s1. The molecule has 1 N–H and O–H groups in total. The largest absolute Gasteiger partial charge is 0.474 e. The van der Waals surface area contributed by atoms with Crippen LogP contribution in [0.5, 0.6) is 5.88 Å². The molecule has 3 aliphatic rings. The number of amides is 1. The van der Waals surface area contributed by atoms with Crippen LogP contribution in [0.3, 0.4) is 0 Å². The third-order valence-electron chi connectivity index (χ3n) is 6.74. The van der Waals surface area contributed by atoms with E-state index in [4.69, 9.17) is 20.9 Å². The molecule has 3 aromatic heterocycles. The van der Waals surface area contributed by atoms with Crippen molar-refractivity contribution in [2.75, 3.05) is 44.2 Å². The first kappa shape index (κ1) is 21.7. The van der Waals surface area contributed by atoms with Gasteiger partial charge in [0.15, 0.2) is 11.2 Å². The summed E-state index contributed by atoms with van der Waals surface area (Å²) >= 11 is 0. The van der Waals surface area contributed by atoms with Gasteiger partial charge in [-0.1, -0.05) is 5.92 Å². The number of ether oxygens (including phenoxy) is 2. The number of fused-ring (bicyclic) bond motifs is 1. The van der Waals surface area contributed by atoms with Crippen molar-refractivity contribution in [3.8, 4) is 29.4 Å². The van der Waals surface area contributed by atoms with Gasteiger partial charge in [0.1, 0.15) is 11.9 Å². The van der Waals surface area contributed by atoms with Crippen molar-refractivity contribution in [1.29, 1.82) is 0 Å². The smallest absolute Gasteiger partial charge is 0.411 e. The average Bonchev–Trinajstić information content (AvgIpc) is 3.42. The van der Waals surface area contributed by atoms with Crippen LogP contribution in [0, 0.1) is 12.3 Å². The number of rotatable bonds is 5. The predicted molar refractivity (Wildman–Crippen MR) is 129 cm³/mol. The van der Waals surface area contributed by atoms with Crippen molar-refractivity contribution in [2.24, 2.45) is 0 Å². The highest BCUT2D eigenvalue weighted by atomic mass is 16.6. The monoisotopic (exact) mass is 473 g/mol. The molecule has 1 aliphatic carbocycles. The molecule has 3 fully saturated rings. The maximum absolute atomic E-state index is 12.7. The number of hydrogen-bond acceptors (Lipinski definition) is 8. The fourth-order valence-corrected chi connectivity index (χ4v) is 4.52. The van der Waals surface area contributed by atoms with Gasteiger partial charge in [0, 0.05) is 63.6 Å². The number of aromatic nitrogens is 4. The van der Waals surface area contributed by atoms with E-state index in [1.165, 1.54) is 0 Å². The molecule has 1 atom stereocenters. The number of nitrogens with one attached hydrogen (secondary N) is 1. The summed E-state index contributed by atoms with van der Waals surface area (Å²) in [6.07, 6.45) is 13.8. The second kappa shape index (κ2) is 8.74. The summed E-state index contributed by atoms with van der Waals surface area (Å²) in [5.74, 6) is 4.11. The van der Waals surface area contributed by atoms with Crippen LogP contribution in [0.15, 0.2) is 36.8 Å². The van der Waals surface area contributed by atoms with E-state index in [2.05, 4.69) is 26.2 Å². The third kappa shape index (κ3) is 4.23. The van der Waals surface area contributed by atoms with Crippen LogP contribution in [0.1, 0.15) is 19.3 Å². The highest BCUT2D eigenvalue weighted by Gasteiger charge is 2.38. The molecule has 0 bridgehead atoms. The molecule has 5 heterocycles. The van der Waals surface area contributed by atoms with Crippen molar-refractivity contribution < 1.29 is 14.3 Å². The summed E-state index contributed by atoms with van der Waals surface area (Å²) in [5, 5.41) is 7.65. The number of terminal acetylenes is 1. The summed E-state index contributed by atoms with van der Waals surface area (Å²) in [7, 11) is 0. The van der Waals surface area contributed by atoms with Gasteiger partial charge in [-0.25, -0.2) is 19.3 Å². The molecule has 1 saturated carbocycles. The minimum absolute atomic E-state index is 0.248. The van der Waals surface area contributed by atoms with Gasteiger partial charge in [-0.15, -0.1) is 6.42 Å². The molecule has 0 radical (unpaired) electrons. The molecular formula is C25H27N7O3. The Labute approximate surface area is 203 Å². The molecule has 1 amide bonds. The highest BCUT2D eigenvalue weighted by molar-refractivity contribution is 5.80. The first-order valence-corrected chi connectivity index (χ1v) is 12.0. The molecule has 3 aromatic rings. The summed E-state index contributed by atoms with van der Waals surface area (Å²) < 4.78 is 13.5. The lowest BCUT2D eigenvalue weighted by Crippen LogP contribution is -2.51. The number of piperazine rings is 1. The van der Waals surface area contributed by atoms with Gasteiger partial charge in [-0.05, 0) is 31.0 Å². The van der Waals surface area contributed by atoms with E-state index in [1.54, 1.807) is 21.8 Å². The van der Waals surface area contributed by atoms with Gasteiger partial charge in [0.05, 0.1) is 11.8 Å². The van der Waals surface area contributed by atoms with E-state index in [0.717, 1.165) is 42.0 Å². The third-order valence-corrected chi connectivity index (χ3v) is 6.74. The number of pyridine rings is 1. The highest BCUT2D eigenvalue weighted by Crippen LogP contribution is 2.35. The molecule has 0 aromatic carbocycles. The maximum atomic E-state index is 12.7. The Balaban J connectivity index is 1.18. The zero-order valence-corrected chi connectivity index (χ0v) is 19.4. The Hall–Kier alpha value is -3.84. The minimum atomic E-state index is -0.840. The first-order chi connectivity index (χ1) is 17.1. The SMILES string of the molecule is C#C[C@]1(OC(=O)N2CCN(c3ccn4ncc(-c5cccnc5OC5CC5)c4n3)CC2)CCNC1.